The number of aryl methyl sites for hydroxylation is 1. The number of nitrogen functional groups attached to an aromatic ring is 1. The summed E-state index contributed by atoms with van der Waals surface area (Å²) in [4.78, 5) is 44.7. The molecular formula is C19H27N5O8S. The molecule has 0 radical (unpaired) electrons. The molecule has 2 aromatic heterocycles. The van der Waals surface area contributed by atoms with E-state index in [2.05, 4.69) is 9.97 Å². The predicted octanol–water partition coefficient (Wildman–Crippen LogP) is -0.219. The molecule has 14 heteroatoms. The highest BCUT2D eigenvalue weighted by atomic mass is 32.2. The summed E-state index contributed by atoms with van der Waals surface area (Å²) in [5.41, 5.74) is 5.46. The number of aromatic nitrogens is 4. The number of hydrogen-bond donors (Lipinski definition) is 1. The van der Waals surface area contributed by atoms with Crippen LogP contribution in [-0.2, 0) is 40.2 Å². The van der Waals surface area contributed by atoms with Crippen LogP contribution in [0, 0.1) is 0 Å². The molecule has 4 atom stereocenters. The first kappa shape index (κ1) is 24.6. The summed E-state index contributed by atoms with van der Waals surface area (Å²) in [5.74, 6) is -1.48. The Hall–Kier alpha value is -3.00. The molecular weight excluding hydrogens is 458 g/mol. The molecule has 0 aliphatic carbocycles. The third kappa shape index (κ3) is 5.50. The minimum Gasteiger partial charge on any atom is -0.460 e. The van der Waals surface area contributed by atoms with Crippen molar-refractivity contribution in [1.29, 1.82) is 0 Å². The van der Waals surface area contributed by atoms with Gasteiger partial charge < -0.3 is 19.9 Å². The van der Waals surface area contributed by atoms with Crippen molar-refractivity contribution in [2.75, 3.05) is 17.7 Å². The number of sulfone groups is 1. The van der Waals surface area contributed by atoms with E-state index in [1.54, 1.807) is 0 Å². The zero-order valence-corrected chi connectivity index (χ0v) is 19.6. The van der Waals surface area contributed by atoms with Gasteiger partial charge in [-0.1, -0.05) is 6.92 Å². The van der Waals surface area contributed by atoms with Gasteiger partial charge >= 0.3 is 17.6 Å². The summed E-state index contributed by atoms with van der Waals surface area (Å²) in [6.07, 6.45) is -0.296. The summed E-state index contributed by atoms with van der Waals surface area (Å²) in [6.45, 7) is 4.17. The second-order valence-corrected chi connectivity index (χ2v) is 10.1. The highest BCUT2D eigenvalue weighted by Crippen LogP contribution is 2.35. The number of ether oxygens (including phenoxy) is 3. The maximum absolute atomic E-state index is 13.4. The van der Waals surface area contributed by atoms with Crippen LogP contribution in [0.5, 0.6) is 0 Å². The number of esters is 2. The normalized spacial score (nSPS) is 21.8. The minimum absolute atomic E-state index is 0.101. The maximum Gasteiger partial charge on any atom is 0.332 e. The summed E-state index contributed by atoms with van der Waals surface area (Å²) in [5, 5.41) is 0. The summed E-state index contributed by atoms with van der Waals surface area (Å²) < 4.78 is 42.6. The van der Waals surface area contributed by atoms with Crippen LogP contribution in [-0.4, -0.2) is 69.8 Å². The predicted molar refractivity (Wildman–Crippen MR) is 116 cm³/mol. The largest absolute Gasteiger partial charge is 0.460 e. The van der Waals surface area contributed by atoms with E-state index in [9.17, 15) is 22.8 Å². The quantitative estimate of drug-likeness (QED) is 0.489. The number of carbonyl (C=O) groups excluding carboxylic acids is 2. The molecule has 2 N–H and O–H groups in total. The monoisotopic (exact) mass is 485 g/mol. The highest BCUT2D eigenvalue weighted by Gasteiger charge is 2.44. The fourth-order valence-electron chi connectivity index (χ4n) is 3.86. The second kappa shape index (κ2) is 9.47. The van der Waals surface area contributed by atoms with Gasteiger partial charge in [-0.2, -0.15) is 4.98 Å². The maximum atomic E-state index is 13.4. The standard InChI is InChI=1S/C19H27N5O8S/c1-5-13(30-10(2)25)14-8-15(31-11(3)26)17(32-14)24-16-12(9-21-18(20)22-16)23(19(24)27)6-7-33(4,28)29/h9,13-15,17H,5-8H2,1-4H3,(H2,20,21,22)/t13?,14-,15+,17+/m0/s1. The highest BCUT2D eigenvalue weighted by molar-refractivity contribution is 7.90. The Kier molecular flexibility index (Phi) is 7.07. The van der Waals surface area contributed by atoms with Gasteiger partial charge in [0.15, 0.2) is 11.9 Å². The number of carbonyl (C=O) groups is 2. The van der Waals surface area contributed by atoms with Crippen molar-refractivity contribution < 1.29 is 32.2 Å². The Labute approximate surface area is 189 Å². The third-order valence-electron chi connectivity index (χ3n) is 5.21. The van der Waals surface area contributed by atoms with E-state index in [1.165, 1.54) is 29.2 Å². The first-order valence-electron chi connectivity index (χ1n) is 10.3. The lowest BCUT2D eigenvalue weighted by Crippen LogP contribution is -2.34. The topological polar surface area (TPSA) is 175 Å². The van der Waals surface area contributed by atoms with Crippen molar-refractivity contribution in [2.45, 2.75) is 64.7 Å². The molecule has 0 spiro atoms. The van der Waals surface area contributed by atoms with Gasteiger partial charge in [0, 0.05) is 33.1 Å². The van der Waals surface area contributed by atoms with Gasteiger partial charge in [0.05, 0.1) is 11.9 Å². The first-order valence-corrected chi connectivity index (χ1v) is 12.4. The van der Waals surface area contributed by atoms with Crippen LogP contribution in [0.15, 0.2) is 11.0 Å². The van der Waals surface area contributed by atoms with E-state index in [0.717, 1.165) is 6.26 Å². The number of imidazole rings is 1. The van der Waals surface area contributed by atoms with E-state index in [-0.39, 0.29) is 35.8 Å². The number of fused-ring (bicyclic) bond motifs is 1. The SMILES string of the molecule is CCC(OC(C)=O)[C@@H]1C[C@@H](OC(C)=O)[C@H](n2c(=O)n(CCS(C)(=O)=O)c3cnc(N)nc32)O1. The lowest BCUT2D eigenvalue weighted by Gasteiger charge is -2.22. The van der Waals surface area contributed by atoms with E-state index in [1.807, 2.05) is 6.92 Å². The Morgan fingerprint density at radius 3 is 2.61 bits per heavy atom. The fraction of sp³-hybridized carbons (Fsp3) is 0.632. The number of hydrogen-bond acceptors (Lipinski definition) is 11. The summed E-state index contributed by atoms with van der Waals surface area (Å²) >= 11 is 0. The molecule has 0 bridgehead atoms. The number of anilines is 1. The van der Waals surface area contributed by atoms with Crippen LogP contribution in [0.1, 0.15) is 39.8 Å². The Balaban J connectivity index is 2.10. The molecule has 0 saturated carbocycles. The Morgan fingerprint density at radius 1 is 1.33 bits per heavy atom. The summed E-state index contributed by atoms with van der Waals surface area (Å²) in [6, 6.07) is 0. The zero-order chi connectivity index (χ0) is 24.5. The van der Waals surface area contributed by atoms with Gasteiger partial charge in [-0.3, -0.25) is 14.2 Å². The van der Waals surface area contributed by atoms with Gasteiger partial charge in [0.25, 0.3) is 0 Å². The van der Waals surface area contributed by atoms with Crippen LogP contribution < -0.4 is 11.4 Å². The molecule has 1 unspecified atom stereocenters. The Bertz CT molecular complexity index is 1220. The molecule has 2 aromatic rings. The Morgan fingerprint density at radius 2 is 2.03 bits per heavy atom. The van der Waals surface area contributed by atoms with Crippen molar-refractivity contribution in [1.82, 2.24) is 19.1 Å². The molecule has 182 valence electrons. The van der Waals surface area contributed by atoms with Gasteiger partial charge in [-0.15, -0.1) is 0 Å². The van der Waals surface area contributed by atoms with Crippen molar-refractivity contribution in [2.24, 2.45) is 0 Å². The first-order chi connectivity index (χ1) is 15.4. The number of rotatable bonds is 8. The van der Waals surface area contributed by atoms with E-state index >= 15 is 0 Å². The van der Waals surface area contributed by atoms with Gasteiger partial charge in [-0.05, 0) is 6.42 Å². The lowest BCUT2D eigenvalue weighted by molar-refractivity contribution is -0.158. The van der Waals surface area contributed by atoms with E-state index in [4.69, 9.17) is 19.9 Å². The van der Waals surface area contributed by atoms with Crippen LogP contribution >= 0.6 is 0 Å². The van der Waals surface area contributed by atoms with E-state index in [0.29, 0.717) is 6.42 Å². The molecule has 1 aliphatic rings. The molecule has 3 heterocycles. The zero-order valence-electron chi connectivity index (χ0n) is 18.8. The molecule has 13 nitrogen and oxygen atoms in total. The van der Waals surface area contributed by atoms with Crippen molar-refractivity contribution in [3.63, 3.8) is 0 Å². The average Bonchev–Trinajstić information content (AvgIpc) is 3.20. The summed E-state index contributed by atoms with van der Waals surface area (Å²) in [7, 11) is -3.37. The molecule has 3 rings (SSSR count). The number of nitrogens with zero attached hydrogens (tertiary/aromatic N) is 4. The number of nitrogens with two attached hydrogens (primary N) is 1. The van der Waals surface area contributed by atoms with Crippen LogP contribution in [0.4, 0.5) is 5.95 Å². The fourth-order valence-corrected chi connectivity index (χ4v) is 4.38. The molecule has 1 fully saturated rings. The molecule has 0 amide bonds. The average molecular weight is 486 g/mol. The lowest BCUT2D eigenvalue weighted by atomic mass is 10.1. The van der Waals surface area contributed by atoms with Gasteiger partial charge in [-0.25, -0.2) is 22.8 Å². The van der Waals surface area contributed by atoms with Gasteiger partial charge in [0.1, 0.15) is 33.7 Å². The smallest absolute Gasteiger partial charge is 0.332 e. The third-order valence-corrected chi connectivity index (χ3v) is 6.14. The van der Waals surface area contributed by atoms with Crippen LogP contribution in [0.3, 0.4) is 0 Å². The van der Waals surface area contributed by atoms with Crippen LogP contribution in [0.2, 0.25) is 0 Å². The second-order valence-electron chi connectivity index (χ2n) is 7.88. The molecule has 0 aromatic carbocycles. The van der Waals surface area contributed by atoms with Crippen molar-refractivity contribution in [3.8, 4) is 0 Å². The molecule has 1 saturated heterocycles. The van der Waals surface area contributed by atoms with E-state index < -0.39 is 52.0 Å². The minimum atomic E-state index is -3.37. The molecule has 33 heavy (non-hydrogen) atoms. The van der Waals surface area contributed by atoms with Crippen molar-refractivity contribution >= 4 is 38.9 Å². The van der Waals surface area contributed by atoms with Gasteiger partial charge in [0.2, 0.25) is 5.95 Å². The molecule has 1 aliphatic heterocycles. The van der Waals surface area contributed by atoms with Crippen molar-refractivity contribution in [3.05, 3.63) is 16.7 Å². The van der Waals surface area contributed by atoms with Crippen LogP contribution in [0.25, 0.3) is 11.2 Å².